The molecule has 0 saturated carbocycles. The Balaban J connectivity index is 0.000000296. The molecule has 0 amide bonds. The maximum absolute atomic E-state index is 10.5. The van der Waals surface area contributed by atoms with E-state index in [4.69, 9.17) is 61.3 Å². The Hall–Kier alpha value is -4.79. The van der Waals surface area contributed by atoms with Gasteiger partial charge in [0.25, 0.3) is 0 Å². The van der Waals surface area contributed by atoms with E-state index in [9.17, 15) is 4.79 Å². The number of nitrogen functional groups attached to an aromatic ring is 5. The highest BCUT2D eigenvalue weighted by Gasteiger charge is 2.15. The van der Waals surface area contributed by atoms with Crippen LogP contribution in [0.15, 0.2) is 41.7 Å². The van der Waals surface area contributed by atoms with Gasteiger partial charge in [-0.2, -0.15) is 9.97 Å². The highest BCUT2D eigenvalue weighted by Crippen LogP contribution is 2.38. The third kappa shape index (κ3) is 11.8. The topological polar surface area (TPSA) is 230 Å². The van der Waals surface area contributed by atoms with Gasteiger partial charge >= 0.3 is 0 Å². The lowest BCUT2D eigenvalue weighted by atomic mass is 9.99. The van der Waals surface area contributed by atoms with Crippen molar-refractivity contribution >= 4 is 86.6 Å². The van der Waals surface area contributed by atoms with Crippen LogP contribution in [0, 0.1) is 13.8 Å². The van der Waals surface area contributed by atoms with Crippen molar-refractivity contribution in [1.82, 2.24) is 19.9 Å². The molecule has 0 fully saturated rings. The lowest BCUT2D eigenvalue weighted by Crippen LogP contribution is -2.03. The maximum Gasteiger partial charge on any atom is 0.222 e. The lowest BCUT2D eigenvalue weighted by molar-refractivity contribution is -0.102. The molecule has 10 N–H and O–H groups in total. The van der Waals surface area contributed by atoms with Gasteiger partial charge in [0.2, 0.25) is 11.9 Å². The van der Waals surface area contributed by atoms with Crippen LogP contribution in [0.3, 0.4) is 0 Å². The number of hydrogen-bond donors (Lipinski definition) is 5. The first-order valence-corrected chi connectivity index (χ1v) is 15.2. The molecule has 16 heteroatoms. The molecule has 0 aliphatic carbocycles. The first kappa shape index (κ1) is 38.4. The van der Waals surface area contributed by atoms with Crippen molar-refractivity contribution in [3.8, 4) is 23.0 Å². The molecule has 0 bridgehead atoms. The molecular weight excluding hydrogens is 663 g/mol. The van der Waals surface area contributed by atoms with Gasteiger partial charge in [0.05, 0.1) is 24.3 Å². The van der Waals surface area contributed by atoms with Crippen molar-refractivity contribution < 1.29 is 14.3 Å². The van der Waals surface area contributed by atoms with E-state index in [1.54, 1.807) is 12.1 Å². The van der Waals surface area contributed by atoms with Gasteiger partial charge in [-0.05, 0) is 54.0 Å². The number of ether oxygens (including phenoxy) is 2. The molecule has 13 nitrogen and oxygen atoms in total. The summed E-state index contributed by atoms with van der Waals surface area (Å²) in [5.41, 5.74) is 33.8. The van der Waals surface area contributed by atoms with Crippen LogP contribution in [0.2, 0.25) is 0 Å². The van der Waals surface area contributed by atoms with E-state index >= 15 is 0 Å². The molecule has 0 atom stereocenters. The number of aromatic nitrogens is 4. The number of carbonyl (C=O) groups excluding carboxylic acids is 1. The van der Waals surface area contributed by atoms with Crippen LogP contribution in [0.25, 0.3) is 0 Å². The summed E-state index contributed by atoms with van der Waals surface area (Å²) in [5.74, 6) is 2.99. The van der Waals surface area contributed by atoms with Crippen molar-refractivity contribution in [3.05, 3.63) is 58.9 Å². The van der Waals surface area contributed by atoms with Crippen LogP contribution in [0.5, 0.6) is 23.0 Å². The van der Waals surface area contributed by atoms with Crippen molar-refractivity contribution in [3.63, 3.8) is 0 Å². The molecular formula is C31H38Cl2N10O3S. The van der Waals surface area contributed by atoms with E-state index in [1.807, 2.05) is 26.0 Å². The van der Waals surface area contributed by atoms with E-state index in [0.717, 1.165) is 22.3 Å². The minimum atomic E-state index is -0.0556. The first-order chi connectivity index (χ1) is 22.0. The monoisotopic (exact) mass is 700 g/mol. The number of halogens is 2. The number of rotatable bonds is 8. The fraction of sp³-hybridized carbons (Fsp3) is 0.258. The van der Waals surface area contributed by atoms with Gasteiger partial charge in [-0.25, -0.2) is 9.97 Å². The second-order valence-electron chi connectivity index (χ2n) is 10.5. The summed E-state index contributed by atoms with van der Waals surface area (Å²) in [4.78, 5) is 30.1. The quantitative estimate of drug-likeness (QED) is 0.0412. The number of aryl methyl sites for hydroxylation is 2. The predicted molar refractivity (Wildman–Crippen MR) is 195 cm³/mol. The SMILES string of the molecule is Cc1cc(C(C)C)c(Oc2cnc(N)nc2N)cc1N.Cc1cc(C(C)C)c(Oc2cnc(N)nc2N)cc1N=CC=O.S=C(Cl)Cl. The number of hydrogen-bond acceptors (Lipinski definition) is 14. The smallest absolute Gasteiger partial charge is 0.222 e. The van der Waals surface area contributed by atoms with Crippen LogP contribution in [0.4, 0.5) is 34.9 Å². The van der Waals surface area contributed by atoms with E-state index in [1.165, 1.54) is 18.6 Å². The van der Waals surface area contributed by atoms with Gasteiger partial charge in [-0.1, -0.05) is 69.2 Å². The molecule has 2 heterocycles. The van der Waals surface area contributed by atoms with Gasteiger partial charge in [-0.15, -0.1) is 0 Å². The minimum absolute atomic E-state index is 0.0556. The Morgan fingerprint density at radius 1 is 0.766 bits per heavy atom. The summed E-state index contributed by atoms with van der Waals surface area (Å²) >= 11 is 13.6. The highest BCUT2D eigenvalue weighted by molar-refractivity contribution is 7.86. The van der Waals surface area contributed by atoms with Gasteiger partial charge in [0.15, 0.2) is 33.2 Å². The number of nitrogens with zero attached hydrogens (tertiary/aromatic N) is 5. The van der Waals surface area contributed by atoms with E-state index in [2.05, 4.69) is 64.8 Å². The molecule has 47 heavy (non-hydrogen) atoms. The summed E-state index contributed by atoms with van der Waals surface area (Å²) in [5, 5.41) is 0. The van der Waals surface area contributed by atoms with Crippen LogP contribution >= 0.6 is 35.4 Å². The zero-order valence-electron chi connectivity index (χ0n) is 26.8. The van der Waals surface area contributed by atoms with Gasteiger partial charge < -0.3 is 38.1 Å². The predicted octanol–water partition coefficient (Wildman–Crippen LogP) is 6.96. The van der Waals surface area contributed by atoms with Gasteiger partial charge in [0, 0.05) is 17.8 Å². The molecule has 0 aliphatic heterocycles. The molecule has 0 spiro atoms. The van der Waals surface area contributed by atoms with E-state index in [0.29, 0.717) is 46.6 Å². The number of carbonyl (C=O) groups is 1. The average Bonchev–Trinajstić information content (AvgIpc) is 2.97. The van der Waals surface area contributed by atoms with Crippen molar-refractivity contribution in [1.29, 1.82) is 0 Å². The molecule has 2 aromatic carbocycles. The van der Waals surface area contributed by atoms with Crippen molar-refractivity contribution in [2.24, 2.45) is 4.99 Å². The molecule has 0 aliphatic rings. The van der Waals surface area contributed by atoms with E-state index in [-0.39, 0.29) is 33.2 Å². The maximum atomic E-state index is 10.5. The van der Waals surface area contributed by atoms with Gasteiger partial charge in [0.1, 0.15) is 11.5 Å². The van der Waals surface area contributed by atoms with Crippen LogP contribution in [0.1, 0.15) is 61.8 Å². The highest BCUT2D eigenvalue weighted by atomic mass is 35.5. The standard InChI is InChI=1S/C16H19N5O2.C14H19N5O.CCl2S/c1-9(2)11-6-10(3)12(19-4-5-22)7-13(11)23-14-8-20-16(18)21-15(14)17;1-7(2)9-4-8(3)10(15)5-11(9)20-12-6-18-14(17)19-13(12)16;2-1(3)4/h4-9H,1-3H3,(H4,17,18,20,21);4-7H,15H2,1-3H3,(H4,16,17,18,19);. The largest absolute Gasteiger partial charge is 0.451 e. The fourth-order valence-electron chi connectivity index (χ4n) is 3.95. The second kappa shape index (κ2) is 17.8. The zero-order valence-corrected chi connectivity index (χ0v) is 29.1. The number of anilines is 5. The van der Waals surface area contributed by atoms with E-state index < -0.39 is 0 Å². The number of nitrogens with two attached hydrogens (primary N) is 5. The zero-order chi connectivity index (χ0) is 35.4. The first-order valence-electron chi connectivity index (χ1n) is 14.0. The van der Waals surface area contributed by atoms with Crippen LogP contribution in [-0.4, -0.2) is 36.2 Å². The molecule has 0 radical (unpaired) electrons. The Morgan fingerprint density at radius 3 is 1.60 bits per heavy atom. The normalized spacial score (nSPS) is 10.6. The Morgan fingerprint density at radius 2 is 1.19 bits per heavy atom. The summed E-state index contributed by atoms with van der Waals surface area (Å²) in [6.45, 7) is 12.2. The molecule has 2 aromatic heterocycles. The Bertz CT molecular complexity index is 1750. The summed E-state index contributed by atoms with van der Waals surface area (Å²) < 4.78 is 11.6. The number of benzene rings is 2. The second-order valence-corrected chi connectivity index (χ2v) is 12.3. The van der Waals surface area contributed by atoms with Gasteiger partial charge in [-0.3, -0.25) is 9.79 Å². The molecule has 4 rings (SSSR count). The third-order valence-corrected chi connectivity index (χ3v) is 6.29. The summed E-state index contributed by atoms with van der Waals surface area (Å²) in [6, 6.07) is 7.55. The van der Waals surface area contributed by atoms with Crippen molar-refractivity contribution in [2.75, 3.05) is 28.7 Å². The number of aldehydes is 1. The van der Waals surface area contributed by atoms with Crippen LogP contribution < -0.4 is 38.1 Å². The lowest BCUT2D eigenvalue weighted by Gasteiger charge is -2.16. The molecule has 250 valence electrons. The van der Waals surface area contributed by atoms with Crippen LogP contribution in [-0.2, 0) is 4.79 Å². The summed E-state index contributed by atoms with van der Waals surface area (Å²) in [6.07, 6.45) is 4.71. The third-order valence-electron chi connectivity index (χ3n) is 6.29. The molecule has 0 unspecified atom stereocenters. The summed E-state index contributed by atoms with van der Waals surface area (Å²) in [7, 11) is 0. The fourth-order valence-corrected chi connectivity index (χ4v) is 3.95. The molecule has 4 aromatic rings. The minimum Gasteiger partial charge on any atom is -0.451 e. The average molecular weight is 702 g/mol. The molecule has 0 saturated heterocycles. The number of aliphatic imine (C=N–C) groups is 1. The van der Waals surface area contributed by atoms with Crippen molar-refractivity contribution in [2.45, 2.75) is 53.4 Å². The Kier molecular flexibility index (Phi) is 14.5. The Labute approximate surface area is 288 Å². The number of thiocarbonyl (C=S) groups is 1.